The quantitative estimate of drug-likeness (QED) is 0.702. The second kappa shape index (κ2) is 6.39. The van der Waals surface area contributed by atoms with Gasteiger partial charge in [-0.1, -0.05) is 25.4 Å². The Hall–Kier alpha value is -1.56. The van der Waals surface area contributed by atoms with Gasteiger partial charge < -0.3 is 16.4 Å². The molecule has 18 heavy (non-hydrogen) atoms. The zero-order valence-electron chi connectivity index (χ0n) is 10.7. The van der Waals surface area contributed by atoms with E-state index >= 15 is 0 Å². The van der Waals surface area contributed by atoms with Crippen molar-refractivity contribution in [3.8, 4) is 0 Å². The number of aromatic nitrogens is 2. The smallest absolute Gasteiger partial charge is 0.242 e. The van der Waals surface area contributed by atoms with Gasteiger partial charge in [-0.2, -0.15) is 0 Å². The third-order valence-corrected chi connectivity index (χ3v) is 2.57. The number of hydrogen-bond donors (Lipinski definition) is 3. The summed E-state index contributed by atoms with van der Waals surface area (Å²) in [7, 11) is 0. The van der Waals surface area contributed by atoms with E-state index in [1.165, 1.54) is 6.33 Å². The average molecular weight is 272 g/mol. The highest BCUT2D eigenvalue weighted by Crippen LogP contribution is 2.22. The summed E-state index contributed by atoms with van der Waals surface area (Å²) in [5.74, 6) is 0.653. The predicted octanol–water partition coefficient (Wildman–Crippen LogP) is 1.28. The first kappa shape index (κ1) is 14.5. The van der Waals surface area contributed by atoms with Crippen LogP contribution in [0.4, 0.5) is 11.5 Å². The van der Waals surface area contributed by atoms with E-state index in [0.29, 0.717) is 18.3 Å². The van der Waals surface area contributed by atoms with Crippen LogP contribution < -0.4 is 16.4 Å². The van der Waals surface area contributed by atoms with Crippen molar-refractivity contribution < 1.29 is 4.79 Å². The normalized spacial score (nSPS) is 12.3. The number of nitrogens with zero attached hydrogens (tertiary/aromatic N) is 2. The lowest BCUT2D eigenvalue weighted by molar-refractivity contribution is -0.121. The first-order valence-electron chi connectivity index (χ1n) is 5.72. The Morgan fingerprint density at radius 3 is 2.72 bits per heavy atom. The highest BCUT2D eigenvalue weighted by atomic mass is 35.5. The van der Waals surface area contributed by atoms with Gasteiger partial charge in [0.25, 0.3) is 0 Å². The second-order valence-corrected chi connectivity index (χ2v) is 4.79. The largest absolute Gasteiger partial charge is 0.393 e. The molecule has 4 N–H and O–H groups in total. The predicted molar refractivity (Wildman–Crippen MR) is 72.4 cm³/mol. The van der Waals surface area contributed by atoms with Crippen LogP contribution in [0.2, 0.25) is 5.15 Å². The van der Waals surface area contributed by atoms with Gasteiger partial charge in [-0.3, -0.25) is 4.79 Å². The first-order valence-corrected chi connectivity index (χ1v) is 6.09. The fourth-order valence-electron chi connectivity index (χ4n) is 1.22. The lowest BCUT2D eigenvalue weighted by Gasteiger charge is -2.16. The number of carbonyl (C=O) groups is 1. The molecule has 0 saturated carbocycles. The van der Waals surface area contributed by atoms with E-state index in [0.717, 1.165) is 0 Å². The standard InChI is InChI=1S/C11H18ClN5O/c1-6(2)4-14-11(18)7(3)17-10-8(13)9(12)15-5-16-10/h5-7H,4,13H2,1-3H3,(H,14,18)(H,15,16,17). The molecule has 7 heteroatoms. The van der Waals surface area contributed by atoms with E-state index in [-0.39, 0.29) is 16.7 Å². The molecule has 0 saturated heterocycles. The third-order valence-electron chi connectivity index (χ3n) is 2.27. The number of halogens is 1. The molecule has 0 aliphatic heterocycles. The van der Waals surface area contributed by atoms with Crippen molar-refractivity contribution in [1.29, 1.82) is 0 Å². The number of amides is 1. The molecule has 0 radical (unpaired) electrons. The van der Waals surface area contributed by atoms with Gasteiger partial charge in [0.1, 0.15) is 18.1 Å². The number of nitrogens with two attached hydrogens (primary N) is 1. The average Bonchev–Trinajstić information content (AvgIpc) is 2.31. The Kier molecular flexibility index (Phi) is 5.15. The maximum Gasteiger partial charge on any atom is 0.242 e. The van der Waals surface area contributed by atoms with Crippen LogP contribution in [0, 0.1) is 5.92 Å². The number of carbonyl (C=O) groups excluding carboxylic acids is 1. The van der Waals surface area contributed by atoms with E-state index in [4.69, 9.17) is 17.3 Å². The van der Waals surface area contributed by atoms with Gasteiger partial charge in [-0.15, -0.1) is 0 Å². The Morgan fingerprint density at radius 2 is 2.11 bits per heavy atom. The van der Waals surface area contributed by atoms with Crippen LogP contribution in [-0.4, -0.2) is 28.5 Å². The molecule has 1 heterocycles. The molecule has 1 aromatic heterocycles. The van der Waals surface area contributed by atoms with E-state index in [1.807, 2.05) is 13.8 Å². The summed E-state index contributed by atoms with van der Waals surface area (Å²) in [5, 5.41) is 5.89. The van der Waals surface area contributed by atoms with E-state index in [9.17, 15) is 4.79 Å². The fraction of sp³-hybridized carbons (Fsp3) is 0.545. The maximum atomic E-state index is 11.8. The Balaban J connectivity index is 2.61. The molecular formula is C11H18ClN5O. The van der Waals surface area contributed by atoms with Gasteiger partial charge in [0.2, 0.25) is 5.91 Å². The van der Waals surface area contributed by atoms with Crippen LogP contribution in [0.3, 0.4) is 0 Å². The zero-order chi connectivity index (χ0) is 13.7. The van der Waals surface area contributed by atoms with Crippen molar-refractivity contribution in [2.45, 2.75) is 26.8 Å². The summed E-state index contributed by atoms with van der Waals surface area (Å²) < 4.78 is 0. The number of anilines is 2. The summed E-state index contributed by atoms with van der Waals surface area (Å²) in [6, 6.07) is -0.447. The van der Waals surface area contributed by atoms with Crippen molar-refractivity contribution in [1.82, 2.24) is 15.3 Å². The molecule has 1 unspecified atom stereocenters. The number of nitrogens with one attached hydrogen (secondary N) is 2. The summed E-state index contributed by atoms with van der Waals surface area (Å²) in [6.45, 7) is 6.41. The van der Waals surface area contributed by atoms with Crippen LogP contribution >= 0.6 is 11.6 Å². The van der Waals surface area contributed by atoms with Crippen molar-refractivity contribution >= 4 is 29.0 Å². The van der Waals surface area contributed by atoms with Crippen LogP contribution in [0.5, 0.6) is 0 Å². The molecule has 6 nitrogen and oxygen atoms in total. The Morgan fingerprint density at radius 1 is 1.44 bits per heavy atom. The molecule has 0 spiro atoms. The minimum atomic E-state index is -0.447. The minimum absolute atomic E-state index is 0.113. The molecule has 1 aromatic rings. The first-order chi connectivity index (χ1) is 8.41. The van der Waals surface area contributed by atoms with Crippen molar-refractivity contribution in [3.63, 3.8) is 0 Å². The van der Waals surface area contributed by atoms with Crippen molar-refractivity contribution in [3.05, 3.63) is 11.5 Å². The summed E-state index contributed by atoms with van der Waals surface area (Å²) in [4.78, 5) is 19.4. The number of nitrogen functional groups attached to an aromatic ring is 1. The van der Waals surface area contributed by atoms with E-state index < -0.39 is 6.04 Å². The van der Waals surface area contributed by atoms with Crippen LogP contribution in [0.15, 0.2) is 6.33 Å². The highest BCUT2D eigenvalue weighted by Gasteiger charge is 2.15. The lowest BCUT2D eigenvalue weighted by Crippen LogP contribution is -2.39. The van der Waals surface area contributed by atoms with Gasteiger partial charge in [0, 0.05) is 6.54 Å². The van der Waals surface area contributed by atoms with Gasteiger partial charge in [0.05, 0.1) is 0 Å². The monoisotopic (exact) mass is 271 g/mol. The summed E-state index contributed by atoms with van der Waals surface area (Å²) in [6.07, 6.45) is 1.29. The molecule has 1 amide bonds. The van der Waals surface area contributed by atoms with Crippen molar-refractivity contribution in [2.24, 2.45) is 5.92 Å². The maximum absolute atomic E-state index is 11.8. The molecule has 0 aliphatic rings. The van der Waals surface area contributed by atoms with Crippen LogP contribution in [0.25, 0.3) is 0 Å². The second-order valence-electron chi connectivity index (χ2n) is 4.43. The van der Waals surface area contributed by atoms with E-state index in [1.54, 1.807) is 6.92 Å². The van der Waals surface area contributed by atoms with Gasteiger partial charge in [-0.05, 0) is 12.8 Å². The lowest BCUT2D eigenvalue weighted by atomic mass is 10.2. The summed E-state index contributed by atoms with van der Waals surface area (Å²) in [5.41, 5.74) is 5.94. The van der Waals surface area contributed by atoms with Crippen molar-refractivity contribution in [2.75, 3.05) is 17.6 Å². The molecule has 1 rings (SSSR count). The Bertz CT molecular complexity index is 424. The molecule has 0 fully saturated rings. The highest BCUT2D eigenvalue weighted by molar-refractivity contribution is 6.32. The molecule has 0 aromatic carbocycles. The number of rotatable bonds is 5. The van der Waals surface area contributed by atoms with Gasteiger partial charge in [0.15, 0.2) is 11.0 Å². The topological polar surface area (TPSA) is 92.9 Å². The van der Waals surface area contributed by atoms with E-state index in [2.05, 4.69) is 20.6 Å². The van der Waals surface area contributed by atoms with Crippen LogP contribution in [0.1, 0.15) is 20.8 Å². The van der Waals surface area contributed by atoms with Gasteiger partial charge in [-0.25, -0.2) is 9.97 Å². The molecule has 1 atom stereocenters. The molecule has 100 valence electrons. The minimum Gasteiger partial charge on any atom is -0.393 e. The van der Waals surface area contributed by atoms with Gasteiger partial charge >= 0.3 is 0 Å². The number of hydrogen-bond acceptors (Lipinski definition) is 5. The third kappa shape index (κ3) is 4.03. The van der Waals surface area contributed by atoms with Crippen LogP contribution in [-0.2, 0) is 4.79 Å². The fourth-order valence-corrected chi connectivity index (χ4v) is 1.35. The molecule has 0 bridgehead atoms. The summed E-state index contributed by atoms with van der Waals surface area (Å²) >= 11 is 5.76. The SMILES string of the molecule is CC(C)CNC(=O)C(C)Nc1ncnc(Cl)c1N. The molecular weight excluding hydrogens is 254 g/mol. The zero-order valence-corrected chi connectivity index (χ0v) is 11.5. The molecule has 0 aliphatic carbocycles. The Labute approximate surface area is 111 Å².